The minimum absolute atomic E-state index is 0.0920. The molecule has 0 amide bonds. The molecule has 100 valence electrons. The SMILES string of the molecule is CNC(COc1ccc(Cl)cc1)c1cccc(Cl)c1. The predicted octanol–water partition coefficient (Wildman–Crippen LogP) is 4.33. The van der Waals surface area contributed by atoms with E-state index in [2.05, 4.69) is 5.32 Å². The number of likely N-dealkylation sites (N-methyl/N-ethyl adjacent to an activating group) is 1. The molecule has 0 saturated heterocycles. The first-order chi connectivity index (χ1) is 9.19. The van der Waals surface area contributed by atoms with Crippen molar-refractivity contribution in [1.29, 1.82) is 0 Å². The summed E-state index contributed by atoms with van der Waals surface area (Å²) in [6, 6.07) is 15.2. The van der Waals surface area contributed by atoms with Crippen molar-refractivity contribution < 1.29 is 4.74 Å². The molecule has 2 aromatic carbocycles. The topological polar surface area (TPSA) is 21.3 Å². The molecule has 0 aliphatic carbocycles. The minimum Gasteiger partial charge on any atom is -0.492 e. The fourth-order valence-electron chi connectivity index (χ4n) is 1.78. The smallest absolute Gasteiger partial charge is 0.119 e. The second-order valence-corrected chi connectivity index (χ2v) is 5.03. The Morgan fingerprint density at radius 3 is 2.42 bits per heavy atom. The van der Waals surface area contributed by atoms with Crippen molar-refractivity contribution in [2.45, 2.75) is 6.04 Å². The van der Waals surface area contributed by atoms with Gasteiger partial charge < -0.3 is 10.1 Å². The summed E-state index contributed by atoms with van der Waals surface area (Å²) in [4.78, 5) is 0. The van der Waals surface area contributed by atoms with E-state index in [-0.39, 0.29) is 6.04 Å². The highest BCUT2D eigenvalue weighted by Crippen LogP contribution is 2.20. The fourth-order valence-corrected chi connectivity index (χ4v) is 2.10. The van der Waals surface area contributed by atoms with Crippen molar-refractivity contribution in [2.24, 2.45) is 0 Å². The number of rotatable bonds is 5. The lowest BCUT2D eigenvalue weighted by molar-refractivity contribution is 0.273. The molecule has 2 aromatic rings. The molecule has 2 nitrogen and oxygen atoms in total. The molecule has 0 heterocycles. The Bertz CT molecular complexity index is 528. The Balaban J connectivity index is 2.01. The Morgan fingerprint density at radius 2 is 1.79 bits per heavy atom. The van der Waals surface area contributed by atoms with Gasteiger partial charge in [0.25, 0.3) is 0 Å². The third-order valence-electron chi connectivity index (χ3n) is 2.83. The molecule has 1 N–H and O–H groups in total. The van der Waals surface area contributed by atoms with Gasteiger partial charge in [0, 0.05) is 10.0 Å². The van der Waals surface area contributed by atoms with Crippen LogP contribution >= 0.6 is 23.2 Å². The van der Waals surface area contributed by atoms with E-state index in [0.29, 0.717) is 11.6 Å². The highest BCUT2D eigenvalue weighted by molar-refractivity contribution is 6.30. The Kier molecular flexibility index (Phi) is 5.08. The van der Waals surface area contributed by atoms with Crippen LogP contribution in [0.25, 0.3) is 0 Å². The number of benzene rings is 2. The lowest BCUT2D eigenvalue weighted by Gasteiger charge is -2.17. The molecule has 0 spiro atoms. The zero-order valence-corrected chi connectivity index (χ0v) is 12.1. The van der Waals surface area contributed by atoms with Crippen LogP contribution in [0.2, 0.25) is 10.0 Å². The van der Waals surface area contributed by atoms with Gasteiger partial charge in [-0.2, -0.15) is 0 Å². The van der Waals surface area contributed by atoms with E-state index >= 15 is 0 Å². The van der Waals surface area contributed by atoms with Crippen molar-refractivity contribution in [3.8, 4) is 5.75 Å². The average Bonchev–Trinajstić information content (AvgIpc) is 2.42. The summed E-state index contributed by atoms with van der Waals surface area (Å²) < 4.78 is 5.74. The Morgan fingerprint density at radius 1 is 1.05 bits per heavy atom. The highest BCUT2D eigenvalue weighted by atomic mass is 35.5. The monoisotopic (exact) mass is 295 g/mol. The number of halogens is 2. The minimum atomic E-state index is 0.0920. The standard InChI is InChI=1S/C15H15Cl2NO/c1-18-15(11-3-2-4-13(17)9-11)10-19-14-7-5-12(16)6-8-14/h2-9,15,18H,10H2,1H3. The summed E-state index contributed by atoms with van der Waals surface area (Å²) in [5.41, 5.74) is 1.10. The number of ether oxygens (including phenoxy) is 1. The first kappa shape index (κ1) is 14.2. The number of hydrogen-bond acceptors (Lipinski definition) is 2. The fraction of sp³-hybridized carbons (Fsp3) is 0.200. The maximum atomic E-state index is 6.00. The largest absolute Gasteiger partial charge is 0.492 e. The molecule has 0 radical (unpaired) electrons. The van der Waals surface area contributed by atoms with Crippen molar-refractivity contribution >= 4 is 23.2 Å². The maximum Gasteiger partial charge on any atom is 0.119 e. The van der Waals surface area contributed by atoms with Crippen LogP contribution in [-0.2, 0) is 0 Å². The maximum absolute atomic E-state index is 6.00. The summed E-state index contributed by atoms with van der Waals surface area (Å²) in [6.45, 7) is 0.526. The normalized spacial score (nSPS) is 12.2. The quantitative estimate of drug-likeness (QED) is 0.886. The number of hydrogen-bond donors (Lipinski definition) is 1. The van der Waals surface area contributed by atoms with Crippen LogP contribution in [0.4, 0.5) is 0 Å². The van der Waals surface area contributed by atoms with Crippen LogP contribution in [0, 0.1) is 0 Å². The Hall–Kier alpha value is -1.22. The summed E-state index contributed by atoms with van der Waals surface area (Å²) in [5.74, 6) is 0.798. The van der Waals surface area contributed by atoms with Crippen LogP contribution in [0.5, 0.6) is 5.75 Å². The lowest BCUT2D eigenvalue weighted by atomic mass is 10.1. The molecular formula is C15H15Cl2NO. The second kappa shape index (κ2) is 6.80. The summed E-state index contributed by atoms with van der Waals surface area (Å²) in [6.07, 6.45) is 0. The molecule has 0 aliphatic heterocycles. The molecule has 0 aromatic heterocycles. The second-order valence-electron chi connectivity index (χ2n) is 4.16. The predicted molar refractivity (Wildman–Crippen MR) is 80.2 cm³/mol. The summed E-state index contributed by atoms with van der Waals surface area (Å²) in [5, 5.41) is 4.64. The molecule has 0 fully saturated rings. The molecular weight excluding hydrogens is 281 g/mol. The third kappa shape index (κ3) is 4.13. The van der Waals surface area contributed by atoms with Gasteiger partial charge in [-0.05, 0) is 49.0 Å². The van der Waals surface area contributed by atoms with Gasteiger partial charge in [-0.15, -0.1) is 0 Å². The Labute approximate surface area is 123 Å². The van der Waals surface area contributed by atoms with Gasteiger partial charge in [0.15, 0.2) is 0 Å². The zero-order chi connectivity index (χ0) is 13.7. The molecule has 1 atom stereocenters. The van der Waals surface area contributed by atoms with Crippen molar-refractivity contribution in [1.82, 2.24) is 5.32 Å². The van der Waals surface area contributed by atoms with Crippen LogP contribution in [-0.4, -0.2) is 13.7 Å². The van der Waals surface area contributed by atoms with Crippen LogP contribution in [0.3, 0.4) is 0 Å². The lowest BCUT2D eigenvalue weighted by Crippen LogP contribution is -2.23. The molecule has 1 unspecified atom stereocenters. The number of nitrogens with one attached hydrogen (secondary N) is 1. The molecule has 0 bridgehead atoms. The van der Waals surface area contributed by atoms with E-state index in [1.54, 1.807) is 0 Å². The zero-order valence-electron chi connectivity index (χ0n) is 10.6. The highest BCUT2D eigenvalue weighted by Gasteiger charge is 2.10. The van der Waals surface area contributed by atoms with Gasteiger partial charge in [0.05, 0.1) is 6.04 Å². The van der Waals surface area contributed by atoms with Gasteiger partial charge in [-0.1, -0.05) is 35.3 Å². The molecule has 4 heteroatoms. The van der Waals surface area contributed by atoms with Crippen molar-refractivity contribution in [3.63, 3.8) is 0 Å². The molecule has 0 saturated carbocycles. The first-order valence-electron chi connectivity index (χ1n) is 6.00. The average molecular weight is 296 g/mol. The van der Waals surface area contributed by atoms with E-state index < -0.39 is 0 Å². The van der Waals surface area contributed by atoms with E-state index in [1.165, 1.54) is 0 Å². The van der Waals surface area contributed by atoms with Crippen molar-refractivity contribution in [2.75, 3.05) is 13.7 Å². The van der Waals surface area contributed by atoms with E-state index in [4.69, 9.17) is 27.9 Å². The van der Waals surface area contributed by atoms with E-state index in [9.17, 15) is 0 Å². The van der Waals surface area contributed by atoms with Crippen LogP contribution in [0.1, 0.15) is 11.6 Å². The molecule has 19 heavy (non-hydrogen) atoms. The first-order valence-corrected chi connectivity index (χ1v) is 6.76. The van der Waals surface area contributed by atoms with E-state index in [0.717, 1.165) is 16.3 Å². The van der Waals surface area contributed by atoms with Crippen LogP contribution < -0.4 is 10.1 Å². The van der Waals surface area contributed by atoms with E-state index in [1.807, 2.05) is 55.6 Å². The summed E-state index contributed by atoms with van der Waals surface area (Å²) >= 11 is 11.8. The van der Waals surface area contributed by atoms with Gasteiger partial charge in [-0.25, -0.2) is 0 Å². The van der Waals surface area contributed by atoms with Gasteiger partial charge in [-0.3, -0.25) is 0 Å². The van der Waals surface area contributed by atoms with Crippen molar-refractivity contribution in [3.05, 3.63) is 64.1 Å². The molecule has 0 aliphatic rings. The van der Waals surface area contributed by atoms with Crippen LogP contribution in [0.15, 0.2) is 48.5 Å². The van der Waals surface area contributed by atoms with Gasteiger partial charge in [0.1, 0.15) is 12.4 Å². The molecule has 2 rings (SSSR count). The summed E-state index contributed by atoms with van der Waals surface area (Å²) in [7, 11) is 1.90. The third-order valence-corrected chi connectivity index (χ3v) is 3.32. The van der Waals surface area contributed by atoms with Gasteiger partial charge >= 0.3 is 0 Å². The van der Waals surface area contributed by atoms with Gasteiger partial charge in [0.2, 0.25) is 0 Å².